The van der Waals surface area contributed by atoms with Crippen LogP contribution in [0.15, 0.2) is 68.4 Å². The molecule has 3 amide bonds. The normalized spacial score (nSPS) is 19.1. The van der Waals surface area contributed by atoms with Gasteiger partial charge < -0.3 is 39.1 Å². The van der Waals surface area contributed by atoms with E-state index in [1.807, 2.05) is 41.0 Å². The number of nitrogens with zero attached hydrogens (tertiary/aromatic N) is 8. The summed E-state index contributed by atoms with van der Waals surface area (Å²) in [5, 5.41) is 10.7. The number of ether oxygens (including phenoxy) is 1. The molecule has 1 unspecified atom stereocenters. The van der Waals surface area contributed by atoms with Crippen molar-refractivity contribution in [2.75, 3.05) is 92.7 Å². The Morgan fingerprint density at radius 3 is 2.36 bits per heavy atom. The van der Waals surface area contributed by atoms with Gasteiger partial charge in [-0.3, -0.25) is 34.2 Å². The molecular formula is C53H62BrFN11O7P. The molecular weight excluding hydrogens is 1030 g/mol. The fourth-order valence-corrected chi connectivity index (χ4v) is 13.0. The van der Waals surface area contributed by atoms with Gasteiger partial charge in [-0.15, -0.1) is 0 Å². The van der Waals surface area contributed by atoms with E-state index < -0.39 is 36.6 Å². The van der Waals surface area contributed by atoms with Crippen molar-refractivity contribution in [1.29, 1.82) is 0 Å². The van der Waals surface area contributed by atoms with E-state index in [2.05, 4.69) is 72.6 Å². The number of carbonyl (C=O) groups excluding carboxylic acids is 3. The maximum absolute atomic E-state index is 15.2. The summed E-state index contributed by atoms with van der Waals surface area (Å²) in [7, 11) is -2.77. The number of rotatable bonds is 14. The molecule has 6 aromatic rings. The summed E-state index contributed by atoms with van der Waals surface area (Å²) >= 11 is 3.63. The summed E-state index contributed by atoms with van der Waals surface area (Å²) in [6.07, 6.45) is 5.98. The molecule has 7 heterocycles. The molecule has 4 aliphatic heterocycles. The zero-order chi connectivity index (χ0) is 52.0. The topological polar surface area (TPSA) is 200 Å². The van der Waals surface area contributed by atoms with Crippen LogP contribution >= 0.6 is 23.1 Å². The number of aromatic nitrogens is 4. The van der Waals surface area contributed by atoms with Crippen LogP contribution in [0.4, 0.5) is 38.9 Å². The molecule has 3 aromatic heterocycles. The van der Waals surface area contributed by atoms with Gasteiger partial charge in [0.2, 0.25) is 23.7 Å². The van der Waals surface area contributed by atoms with Crippen molar-refractivity contribution in [3.05, 3.63) is 86.8 Å². The van der Waals surface area contributed by atoms with Crippen molar-refractivity contribution in [2.24, 2.45) is 5.92 Å². The van der Waals surface area contributed by atoms with E-state index in [0.717, 1.165) is 89.7 Å². The second-order valence-corrected chi connectivity index (χ2v) is 23.9. The first-order chi connectivity index (χ1) is 35.6. The van der Waals surface area contributed by atoms with Crippen LogP contribution in [0.5, 0.6) is 5.75 Å². The summed E-state index contributed by atoms with van der Waals surface area (Å²) in [4.78, 5) is 74.6. The molecule has 0 bridgehead atoms. The molecule has 4 saturated heterocycles. The number of piperidine rings is 2. The van der Waals surface area contributed by atoms with Gasteiger partial charge in [0.15, 0.2) is 5.58 Å². The fourth-order valence-electron chi connectivity index (χ4n) is 11.2. The van der Waals surface area contributed by atoms with E-state index in [9.17, 15) is 23.7 Å². The monoisotopic (exact) mass is 1090 g/mol. The van der Waals surface area contributed by atoms with Gasteiger partial charge >= 0.3 is 5.76 Å². The fraction of sp³-hybridized carbons (Fsp3) is 0.453. The van der Waals surface area contributed by atoms with Crippen LogP contribution in [0.25, 0.3) is 22.0 Å². The summed E-state index contributed by atoms with van der Waals surface area (Å²) in [6.45, 7) is 15.6. The van der Waals surface area contributed by atoms with Gasteiger partial charge in [-0.2, -0.15) is 4.98 Å². The van der Waals surface area contributed by atoms with Crippen LogP contribution in [0.1, 0.15) is 70.2 Å². The first kappa shape index (κ1) is 51.1. The van der Waals surface area contributed by atoms with Crippen molar-refractivity contribution in [3.8, 4) is 5.75 Å². The standard InChI is InChI=1S/C53H62BrFN11O7P/c1-6-31-25-40(59-52-56-29-37(54)49(61-52)58-39-12-11-38-36(48(39)74(4,5)71)10-9-34(7-2)57-38)45(72-8-3)28-42(31)63-19-16-35(17-20-63)62-21-23-64(24-22-62)51(69)32-15-18-65(30-32)43-26-33(55)27-44-47(43)73-53(70)66(44)41-13-14-46(67)60-50(41)68/h9-12,25-29,32,35,41H,6-8,13-24,30H2,1-5H3,(H,60,67,68)(H2,56,58,59,61)/t32-,41?/m1/s1. The first-order valence-electron chi connectivity index (χ1n) is 25.7. The molecule has 0 saturated carbocycles. The van der Waals surface area contributed by atoms with E-state index in [0.29, 0.717) is 78.6 Å². The maximum atomic E-state index is 15.2. The van der Waals surface area contributed by atoms with E-state index in [1.165, 1.54) is 17.7 Å². The van der Waals surface area contributed by atoms with Crippen LogP contribution in [-0.2, 0) is 31.8 Å². The molecule has 74 heavy (non-hydrogen) atoms. The van der Waals surface area contributed by atoms with Crippen molar-refractivity contribution in [1.82, 2.24) is 34.6 Å². The number of benzene rings is 3. The molecule has 21 heteroatoms. The second-order valence-electron chi connectivity index (χ2n) is 19.9. The average Bonchev–Trinajstić information content (AvgIpc) is 4.02. The lowest BCUT2D eigenvalue weighted by molar-refractivity contribution is -0.137. The molecule has 3 N–H and O–H groups in total. The van der Waals surface area contributed by atoms with Crippen LogP contribution in [0, 0.1) is 11.7 Å². The van der Waals surface area contributed by atoms with Crippen molar-refractivity contribution < 1.29 is 32.5 Å². The van der Waals surface area contributed by atoms with E-state index in [1.54, 1.807) is 19.5 Å². The average molecular weight is 1100 g/mol. The van der Waals surface area contributed by atoms with Gasteiger partial charge in [-0.1, -0.05) is 19.9 Å². The van der Waals surface area contributed by atoms with Gasteiger partial charge in [0.1, 0.15) is 30.6 Å². The molecule has 4 fully saturated rings. The Bertz CT molecular complexity index is 3270. The lowest BCUT2D eigenvalue weighted by Crippen LogP contribution is -2.55. The molecule has 2 atom stereocenters. The summed E-state index contributed by atoms with van der Waals surface area (Å²) < 4.78 is 42.6. The van der Waals surface area contributed by atoms with E-state index >= 15 is 4.39 Å². The largest absolute Gasteiger partial charge is 0.492 e. The van der Waals surface area contributed by atoms with Gasteiger partial charge in [-0.05, 0) is 105 Å². The van der Waals surface area contributed by atoms with Crippen LogP contribution in [-0.4, -0.2) is 125 Å². The number of anilines is 6. The van der Waals surface area contributed by atoms with Gasteiger partial charge in [0, 0.05) is 111 Å². The molecule has 0 spiro atoms. The predicted molar refractivity (Wildman–Crippen MR) is 289 cm³/mol. The predicted octanol–water partition coefficient (Wildman–Crippen LogP) is 7.71. The highest BCUT2D eigenvalue weighted by atomic mass is 79.9. The lowest BCUT2D eigenvalue weighted by atomic mass is 9.99. The summed E-state index contributed by atoms with van der Waals surface area (Å²) in [5.74, 6) is -1.11. The van der Waals surface area contributed by atoms with Crippen molar-refractivity contribution in [2.45, 2.75) is 77.8 Å². The van der Waals surface area contributed by atoms with Gasteiger partial charge in [0.05, 0.1) is 45.1 Å². The number of nitrogens with one attached hydrogen (secondary N) is 3. The molecule has 10 rings (SSSR count). The molecule has 390 valence electrons. The SMILES string of the molecule is CCOc1cc(N2CCC(N3CCN(C(=O)[C@@H]4CCN(c5cc(F)cc6c5oc(=O)n6C5CCC(=O)NC5=O)C4)CC3)CC2)c(CC)cc1Nc1ncc(Br)c(Nc2ccc3nc(CC)ccc3c2P(C)(C)=O)n1. The zero-order valence-electron chi connectivity index (χ0n) is 42.4. The van der Waals surface area contributed by atoms with Crippen LogP contribution in [0.2, 0.25) is 0 Å². The minimum atomic E-state index is -2.77. The molecule has 18 nitrogen and oxygen atoms in total. The third-order valence-corrected chi connectivity index (χ3v) is 17.1. The van der Waals surface area contributed by atoms with Gasteiger partial charge in [0.25, 0.3) is 0 Å². The Kier molecular flexibility index (Phi) is 14.6. The number of carbonyl (C=O) groups is 3. The Hall–Kier alpha value is -6.37. The number of oxazole rings is 1. The number of aryl methyl sites for hydroxylation is 2. The Morgan fingerprint density at radius 1 is 0.878 bits per heavy atom. The number of amides is 3. The minimum absolute atomic E-state index is 0.0547. The number of piperazine rings is 1. The minimum Gasteiger partial charge on any atom is -0.492 e. The number of hydrogen-bond donors (Lipinski definition) is 3. The highest BCUT2D eigenvalue weighted by Crippen LogP contribution is 2.43. The van der Waals surface area contributed by atoms with E-state index in [4.69, 9.17) is 19.1 Å². The van der Waals surface area contributed by atoms with E-state index in [-0.39, 0.29) is 35.8 Å². The number of imide groups is 1. The number of halogens is 2. The molecule has 0 radical (unpaired) electrons. The second kappa shape index (κ2) is 21.1. The van der Waals surface area contributed by atoms with Gasteiger partial charge in [-0.25, -0.2) is 14.2 Å². The maximum Gasteiger partial charge on any atom is 0.420 e. The smallest absolute Gasteiger partial charge is 0.420 e. The number of hydrogen-bond acceptors (Lipinski definition) is 15. The van der Waals surface area contributed by atoms with Crippen molar-refractivity contribution in [3.63, 3.8) is 0 Å². The zero-order valence-corrected chi connectivity index (χ0v) is 44.9. The number of pyridine rings is 1. The quantitative estimate of drug-likeness (QED) is 0.0707. The van der Waals surface area contributed by atoms with Crippen LogP contribution in [0.3, 0.4) is 0 Å². The highest BCUT2D eigenvalue weighted by Gasteiger charge is 2.38. The Labute approximate surface area is 436 Å². The molecule has 0 aliphatic carbocycles. The van der Waals surface area contributed by atoms with Crippen molar-refractivity contribution >= 4 is 103 Å². The third-order valence-electron chi connectivity index (χ3n) is 14.9. The molecule has 4 aliphatic rings. The van der Waals surface area contributed by atoms with Crippen LogP contribution < -0.4 is 41.5 Å². The highest BCUT2D eigenvalue weighted by molar-refractivity contribution is 9.10. The first-order valence-corrected chi connectivity index (χ1v) is 29.1. The third kappa shape index (κ3) is 10.2. The Balaban J connectivity index is 0.763. The lowest BCUT2D eigenvalue weighted by Gasteiger charge is -2.44. The summed E-state index contributed by atoms with van der Waals surface area (Å²) in [5.41, 5.74) is 6.20. The number of fused-ring (bicyclic) bond motifs is 2. The molecule has 3 aromatic carbocycles. The Morgan fingerprint density at radius 2 is 1.65 bits per heavy atom. The summed E-state index contributed by atoms with van der Waals surface area (Å²) in [6, 6.07) is 14.0.